The summed E-state index contributed by atoms with van der Waals surface area (Å²) in [6.07, 6.45) is 0. The molecule has 3 heteroatoms. The van der Waals surface area contributed by atoms with Gasteiger partial charge in [0.15, 0.2) is 5.82 Å². The van der Waals surface area contributed by atoms with Crippen LogP contribution in [-0.4, -0.2) is 9.97 Å². The first-order valence-electron chi connectivity index (χ1n) is 10.8. The molecule has 1 heterocycles. The van der Waals surface area contributed by atoms with Gasteiger partial charge < -0.3 is 0 Å². The summed E-state index contributed by atoms with van der Waals surface area (Å²) in [6, 6.07) is 31.9. The van der Waals surface area contributed by atoms with Crippen LogP contribution in [0.4, 0.5) is 0 Å². The Labute approximate surface area is 196 Å². The van der Waals surface area contributed by atoms with E-state index >= 15 is 0 Å². The lowest BCUT2D eigenvalue weighted by Crippen LogP contribution is -2.15. The summed E-state index contributed by atoms with van der Waals surface area (Å²) in [5.74, 6) is 0.756. The first-order valence-corrected chi connectivity index (χ1v) is 11.6. The fourth-order valence-electron chi connectivity index (χ4n) is 4.87. The molecule has 0 amide bonds. The van der Waals surface area contributed by atoms with Gasteiger partial charge in [-0.1, -0.05) is 96.5 Å². The second-order valence-electron chi connectivity index (χ2n) is 8.85. The number of hydrogen-bond acceptors (Lipinski definition) is 2. The van der Waals surface area contributed by atoms with Crippen LogP contribution in [0.25, 0.3) is 44.7 Å². The molecule has 0 saturated heterocycles. The van der Waals surface area contributed by atoms with Crippen molar-refractivity contribution in [3.05, 3.63) is 107 Å². The molecule has 0 saturated carbocycles. The van der Waals surface area contributed by atoms with E-state index in [1.165, 1.54) is 22.3 Å². The van der Waals surface area contributed by atoms with Crippen LogP contribution in [0.1, 0.15) is 25.0 Å². The SMILES string of the molecule is CC1(C)c2cc(Br)ccc2-c2ccc(-c3nc(-c4ccccc4)nc4ccccc34)cc21. The van der Waals surface area contributed by atoms with Crippen molar-refractivity contribution in [1.82, 2.24) is 9.97 Å². The molecule has 0 aliphatic heterocycles. The predicted molar refractivity (Wildman–Crippen MR) is 136 cm³/mol. The monoisotopic (exact) mass is 476 g/mol. The molecule has 0 atom stereocenters. The summed E-state index contributed by atoms with van der Waals surface area (Å²) in [7, 11) is 0. The van der Waals surface area contributed by atoms with E-state index in [0.29, 0.717) is 0 Å². The minimum absolute atomic E-state index is 0.0739. The first-order chi connectivity index (χ1) is 15.5. The zero-order valence-electron chi connectivity index (χ0n) is 17.9. The second-order valence-corrected chi connectivity index (χ2v) is 9.77. The molecule has 0 bridgehead atoms. The van der Waals surface area contributed by atoms with Gasteiger partial charge in [0.2, 0.25) is 0 Å². The van der Waals surface area contributed by atoms with Gasteiger partial charge in [-0.05, 0) is 46.5 Å². The highest BCUT2D eigenvalue weighted by molar-refractivity contribution is 9.10. The summed E-state index contributed by atoms with van der Waals surface area (Å²) in [4.78, 5) is 9.92. The van der Waals surface area contributed by atoms with Crippen molar-refractivity contribution >= 4 is 26.8 Å². The topological polar surface area (TPSA) is 25.8 Å². The quantitative estimate of drug-likeness (QED) is 0.257. The van der Waals surface area contributed by atoms with E-state index in [9.17, 15) is 0 Å². The van der Waals surface area contributed by atoms with Crippen molar-refractivity contribution in [1.29, 1.82) is 0 Å². The van der Waals surface area contributed by atoms with Gasteiger partial charge in [0.25, 0.3) is 0 Å². The Balaban J connectivity index is 1.59. The van der Waals surface area contributed by atoms with Gasteiger partial charge in [0, 0.05) is 26.4 Å². The van der Waals surface area contributed by atoms with Crippen molar-refractivity contribution in [2.75, 3.05) is 0 Å². The molecule has 1 aliphatic carbocycles. The third kappa shape index (κ3) is 2.92. The lowest BCUT2D eigenvalue weighted by molar-refractivity contribution is 0.660. The van der Waals surface area contributed by atoms with Crippen LogP contribution in [0, 0.1) is 0 Å². The van der Waals surface area contributed by atoms with Gasteiger partial charge in [0.05, 0.1) is 11.2 Å². The summed E-state index contributed by atoms with van der Waals surface area (Å²) >= 11 is 3.65. The van der Waals surface area contributed by atoms with E-state index in [4.69, 9.17) is 9.97 Å². The molecule has 0 radical (unpaired) electrons. The standard InChI is InChI=1S/C29H21BrN2/c1-29(2)24-16-19(12-14-21(24)22-15-13-20(30)17-25(22)29)27-23-10-6-7-11-26(23)31-28(32-27)18-8-4-3-5-9-18/h3-17H,1-2H3. The van der Waals surface area contributed by atoms with Gasteiger partial charge >= 0.3 is 0 Å². The molecule has 6 rings (SSSR count). The Morgan fingerprint density at radius 3 is 2.16 bits per heavy atom. The van der Waals surface area contributed by atoms with Crippen LogP contribution >= 0.6 is 15.9 Å². The molecule has 0 fully saturated rings. The number of rotatable bonds is 2. The highest BCUT2D eigenvalue weighted by Gasteiger charge is 2.35. The zero-order valence-corrected chi connectivity index (χ0v) is 19.5. The van der Waals surface area contributed by atoms with Gasteiger partial charge in [-0.15, -0.1) is 0 Å². The maximum atomic E-state index is 5.06. The van der Waals surface area contributed by atoms with E-state index in [-0.39, 0.29) is 5.41 Å². The van der Waals surface area contributed by atoms with Crippen LogP contribution < -0.4 is 0 Å². The predicted octanol–water partition coefficient (Wildman–Crippen LogP) is 8.03. The Bertz CT molecular complexity index is 1500. The number of fused-ring (bicyclic) bond motifs is 4. The van der Waals surface area contributed by atoms with Gasteiger partial charge in [0.1, 0.15) is 0 Å². The number of nitrogens with zero attached hydrogens (tertiary/aromatic N) is 2. The Hall–Kier alpha value is -3.30. The van der Waals surface area contributed by atoms with E-state index in [2.05, 4.69) is 96.5 Å². The summed E-state index contributed by atoms with van der Waals surface area (Å²) in [6.45, 7) is 4.61. The van der Waals surface area contributed by atoms with E-state index in [1.807, 2.05) is 24.3 Å². The van der Waals surface area contributed by atoms with Gasteiger partial charge in [-0.25, -0.2) is 9.97 Å². The smallest absolute Gasteiger partial charge is 0.160 e. The number of halogens is 1. The fourth-order valence-corrected chi connectivity index (χ4v) is 5.23. The molecule has 0 spiro atoms. The lowest BCUT2D eigenvalue weighted by Gasteiger charge is -2.22. The molecule has 0 N–H and O–H groups in total. The van der Waals surface area contributed by atoms with Crippen LogP contribution in [0.3, 0.4) is 0 Å². The third-order valence-electron chi connectivity index (χ3n) is 6.55. The van der Waals surface area contributed by atoms with Crippen LogP contribution in [0.15, 0.2) is 95.5 Å². The zero-order chi connectivity index (χ0) is 21.9. The first kappa shape index (κ1) is 19.4. The molecule has 1 aromatic heterocycles. The number of aromatic nitrogens is 2. The molecular weight excluding hydrogens is 456 g/mol. The maximum Gasteiger partial charge on any atom is 0.160 e. The van der Waals surface area contributed by atoms with Crippen molar-refractivity contribution in [2.24, 2.45) is 0 Å². The lowest BCUT2D eigenvalue weighted by atomic mass is 9.82. The molecule has 2 nitrogen and oxygen atoms in total. The summed E-state index contributed by atoms with van der Waals surface area (Å²) in [5, 5.41) is 1.07. The molecular formula is C29H21BrN2. The normalized spacial score (nSPS) is 13.7. The third-order valence-corrected chi connectivity index (χ3v) is 7.04. The molecule has 32 heavy (non-hydrogen) atoms. The highest BCUT2D eigenvalue weighted by Crippen LogP contribution is 2.50. The summed E-state index contributed by atoms with van der Waals surface area (Å²) < 4.78 is 1.12. The van der Waals surface area contributed by atoms with Crippen molar-refractivity contribution in [2.45, 2.75) is 19.3 Å². The number of benzene rings is 4. The maximum absolute atomic E-state index is 5.06. The van der Waals surface area contributed by atoms with E-state index in [0.717, 1.165) is 38.0 Å². The Kier molecular flexibility index (Phi) is 4.31. The molecule has 5 aromatic rings. The van der Waals surface area contributed by atoms with E-state index in [1.54, 1.807) is 0 Å². The average Bonchev–Trinajstić information content (AvgIpc) is 3.05. The van der Waals surface area contributed by atoms with Crippen molar-refractivity contribution in [3.8, 4) is 33.8 Å². The summed E-state index contributed by atoms with van der Waals surface area (Å²) in [5.41, 5.74) is 9.34. The van der Waals surface area contributed by atoms with Crippen molar-refractivity contribution in [3.63, 3.8) is 0 Å². The highest BCUT2D eigenvalue weighted by atomic mass is 79.9. The molecule has 0 unspecified atom stereocenters. The largest absolute Gasteiger partial charge is 0.228 e. The van der Waals surface area contributed by atoms with Gasteiger partial charge in [-0.2, -0.15) is 0 Å². The molecule has 1 aliphatic rings. The van der Waals surface area contributed by atoms with Crippen molar-refractivity contribution < 1.29 is 0 Å². The number of para-hydroxylation sites is 1. The second kappa shape index (κ2) is 7.11. The van der Waals surface area contributed by atoms with Crippen LogP contribution in [0.5, 0.6) is 0 Å². The van der Waals surface area contributed by atoms with E-state index < -0.39 is 0 Å². The minimum Gasteiger partial charge on any atom is -0.228 e. The van der Waals surface area contributed by atoms with Gasteiger partial charge in [-0.3, -0.25) is 0 Å². The van der Waals surface area contributed by atoms with Crippen LogP contribution in [0.2, 0.25) is 0 Å². The Morgan fingerprint density at radius 1 is 0.656 bits per heavy atom. The Morgan fingerprint density at radius 2 is 1.34 bits per heavy atom. The fraction of sp³-hybridized carbons (Fsp3) is 0.103. The molecule has 154 valence electrons. The number of hydrogen-bond donors (Lipinski definition) is 0. The average molecular weight is 477 g/mol. The molecule has 4 aromatic carbocycles. The van der Waals surface area contributed by atoms with Crippen LogP contribution in [-0.2, 0) is 5.41 Å². The minimum atomic E-state index is -0.0739.